The number of hydrazone groups is 1. The molecule has 0 aliphatic heterocycles. The predicted octanol–water partition coefficient (Wildman–Crippen LogP) is 4.27. The van der Waals surface area contributed by atoms with Crippen molar-refractivity contribution >= 4 is 39.6 Å². The minimum absolute atomic E-state index is 0.210. The molecule has 2 amide bonds. The minimum atomic E-state index is -0.933. The Bertz CT molecular complexity index is 1180. The van der Waals surface area contributed by atoms with E-state index in [1.54, 1.807) is 48.5 Å². The Hall–Kier alpha value is -3.92. The van der Waals surface area contributed by atoms with Crippen LogP contribution < -0.4 is 25.0 Å². The molecule has 0 unspecified atom stereocenters. The second-order valence-corrected chi connectivity index (χ2v) is 7.69. The van der Waals surface area contributed by atoms with Crippen LogP contribution in [0.25, 0.3) is 0 Å². The fourth-order valence-corrected chi connectivity index (χ4v) is 3.34. The highest BCUT2D eigenvalue weighted by Gasteiger charge is 2.14. The molecule has 0 spiro atoms. The summed E-state index contributed by atoms with van der Waals surface area (Å²) in [5.41, 5.74) is 3.98. The highest BCUT2D eigenvalue weighted by Crippen LogP contribution is 2.36. The average Bonchev–Trinajstić information content (AvgIpc) is 2.84. The minimum Gasteiger partial charge on any atom is -0.497 e. The number of carbonyl (C=O) groups is 2. The number of nitrogens with zero attached hydrogens (tertiary/aromatic N) is 1. The fourth-order valence-electron chi connectivity index (χ4n) is 2.77. The number of anilines is 1. The van der Waals surface area contributed by atoms with E-state index in [0.717, 1.165) is 5.56 Å². The van der Waals surface area contributed by atoms with Crippen molar-refractivity contribution in [2.45, 2.75) is 6.61 Å². The van der Waals surface area contributed by atoms with E-state index in [2.05, 4.69) is 31.8 Å². The lowest BCUT2D eigenvalue weighted by Crippen LogP contribution is -2.32. The summed E-state index contributed by atoms with van der Waals surface area (Å²) >= 11 is 3.43. The molecular formula is C24H21BrFN3O5. The Balaban J connectivity index is 1.60. The van der Waals surface area contributed by atoms with Gasteiger partial charge < -0.3 is 19.5 Å². The van der Waals surface area contributed by atoms with Crippen LogP contribution in [0.15, 0.2) is 70.2 Å². The molecule has 3 aromatic carbocycles. The van der Waals surface area contributed by atoms with Crippen molar-refractivity contribution in [3.63, 3.8) is 0 Å². The van der Waals surface area contributed by atoms with Gasteiger partial charge in [-0.05, 0) is 75.6 Å². The van der Waals surface area contributed by atoms with Crippen molar-refractivity contribution in [3.05, 3.63) is 82.1 Å². The van der Waals surface area contributed by atoms with Crippen LogP contribution in [0.4, 0.5) is 10.1 Å². The summed E-state index contributed by atoms with van der Waals surface area (Å²) in [6, 6.07) is 15.9. The van der Waals surface area contributed by atoms with Crippen molar-refractivity contribution in [1.82, 2.24) is 5.43 Å². The first-order valence-corrected chi connectivity index (χ1v) is 10.7. The van der Waals surface area contributed by atoms with Crippen LogP contribution >= 0.6 is 15.9 Å². The Morgan fingerprint density at radius 3 is 2.35 bits per heavy atom. The zero-order valence-corrected chi connectivity index (χ0v) is 19.9. The van der Waals surface area contributed by atoms with E-state index in [-0.39, 0.29) is 12.4 Å². The number of halogens is 2. The first kappa shape index (κ1) is 24.7. The maximum absolute atomic E-state index is 13.1. The molecule has 0 bridgehead atoms. The van der Waals surface area contributed by atoms with E-state index in [1.165, 1.54) is 32.6 Å². The van der Waals surface area contributed by atoms with Crippen molar-refractivity contribution in [2.75, 3.05) is 19.5 Å². The van der Waals surface area contributed by atoms with Crippen LogP contribution in [0.2, 0.25) is 0 Å². The number of methoxy groups -OCH3 is 2. The van der Waals surface area contributed by atoms with Crippen LogP contribution in [-0.4, -0.2) is 32.2 Å². The van der Waals surface area contributed by atoms with Gasteiger partial charge in [0.25, 0.3) is 0 Å². The first-order chi connectivity index (χ1) is 16.4. The lowest BCUT2D eigenvalue weighted by molar-refractivity contribution is -0.136. The molecule has 34 heavy (non-hydrogen) atoms. The zero-order chi connectivity index (χ0) is 24.5. The van der Waals surface area contributed by atoms with Gasteiger partial charge in [-0.2, -0.15) is 5.10 Å². The van der Waals surface area contributed by atoms with Gasteiger partial charge in [-0.15, -0.1) is 0 Å². The van der Waals surface area contributed by atoms with Gasteiger partial charge in [-0.25, -0.2) is 9.82 Å². The summed E-state index contributed by atoms with van der Waals surface area (Å²) in [7, 11) is 3.01. The summed E-state index contributed by atoms with van der Waals surface area (Å²) in [6.07, 6.45) is 1.36. The molecule has 0 fully saturated rings. The second-order valence-electron chi connectivity index (χ2n) is 6.83. The van der Waals surface area contributed by atoms with Gasteiger partial charge in [0.05, 0.1) is 24.9 Å². The van der Waals surface area contributed by atoms with Gasteiger partial charge in [-0.3, -0.25) is 9.59 Å². The molecule has 8 nitrogen and oxygen atoms in total. The molecule has 176 valence electrons. The lowest BCUT2D eigenvalue weighted by Gasteiger charge is -2.13. The van der Waals surface area contributed by atoms with E-state index < -0.39 is 11.8 Å². The van der Waals surface area contributed by atoms with Crippen molar-refractivity contribution < 1.29 is 28.2 Å². The van der Waals surface area contributed by atoms with Crippen LogP contribution in [0, 0.1) is 5.82 Å². The molecule has 3 aromatic rings. The zero-order valence-electron chi connectivity index (χ0n) is 18.3. The molecule has 0 atom stereocenters. The topological polar surface area (TPSA) is 98.2 Å². The van der Waals surface area contributed by atoms with Crippen LogP contribution in [0.1, 0.15) is 11.1 Å². The van der Waals surface area contributed by atoms with Crippen LogP contribution in [-0.2, 0) is 16.2 Å². The number of rotatable bonds is 8. The third kappa shape index (κ3) is 6.79. The van der Waals surface area contributed by atoms with Crippen LogP contribution in [0.3, 0.4) is 0 Å². The number of amides is 2. The van der Waals surface area contributed by atoms with E-state index in [0.29, 0.717) is 33.0 Å². The van der Waals surface area contributed by atoms with Crippen LogP contribution in [0.5, 0.6) is 17.2 Å². The third-order valence-corrected chi connectivity index (χ3v) is 5.07. The summed E-state index contributed by atoms with van der Waals surface area (Å²) in [5, 5.41) is 6.28. The van der Waals surface area contributed by atoms with E-state index in [1.807, 2.05) is 0 Å². The number of nitrogens with one attached hydrogen (secondary N) is 2. The molecule has 0 radical (unpaired) electrons. The maximum Gasteiger partial charge on any atom is 0.329 e. The smallest absolute Gasteiger partial charge is 0.329 e. The van der Waals surface area contributed by atoms with E-state index >= 15 is 0 Å². The molecule has 0 saturated carbocycles. The monoisotopic (exact) mass is 529 g/mol. The molecule has 0 heterocycles. The largest absolute Gasteiger partial charge is 0.497 e. The van der Waals surface area contributed by atoms with Gasteiger partial charge in [0.15, 0.2) is 11.5 Å². The lowest BCUT2D eigenvalue weighted by atomic mass is 10.2. The highest BCUT2D eigenvalue weighted by atomic mass is 79.9. The number of carbonyl (C=O) groups excluding carboxylic acids is 2. The second kappa shape index (κ2) is 11.8. The van der Waals surface area contributed by atoms with Crippen molar-refractivity contribution in [2.24, 2.45) is 5.10 Å². The van der Waals surface area contributed by atoms with E-state index in [9.17, 15) is 14.0 Å². The maximum atomic E-state index is 13.1. The summed E-state index contributed by atoms with van der Waals surface area (Å²) in [6.45, 7) is 0.210. The molecule has 0 aromatic heterocycles. The quantitative estimate of drug-likeness (QED) is 0.258. The molecule has 0 saturated heterocycles. The van der Waals surface area contributed by atoms with Crippen molar-refractivity contribution in [1.29, 1.82) is 0 Å². The van der Waals surface area contributed by atoms with Gasteiger partial charge >= 0.3 is 11.8 Å². The van der Waals surface area contributed by atoms with Gasteiger partial charge in [0.1, 0.15) is 18.2 Å². The molecule has 2 N–H and O–H groups in total. The summed E-state index contributed by atoms with van der Waals surface area (Å²) in [4.78, 5) is 24.0. The Kier molecular flexibility index (Phi) is 8.58. The van der Waals surface area contributed by atoms with Gasteiger partial charge in [0.2, 0.25) is 0 Å². The molecular weight excluding hydrogens is 509 g/mol. The molecule has 10 heteroatoms. The van der Waals surface area contributed by atoms with Gasteiger partial charge in [0, 0.05) is 5.69 Å². The standard InChI is InChI=1S/C24H21BrFN3O5/c1-32-19-9-7-18(8-10-19)28-23(30)24(31)29-27-13-16-11-20(25)22(21(12-16)33-2)34-14-15-3-5-17(26)6-4-15/h3-13H,14H2,1-2H3,(H,28,30)(H,29,31)/b27-13+. The number of benzene rings is 3. The summed E-state index contributed by atoms with van der Waals surface area (Å²) < 4.78 is 29.9. The number of hydrogen-bond donors (Lipinski definition) is 2. The summed E-state index contributed by atoms with van der Waals surface area (Å²) in [5.74, 6) is -0.631. The Morgan fingerprint density at radius 2 is 1.71 bits per heavy atom. The van der Waals surface area contributed by atoms with Crippen molar-refractivity contribution in [3.8, 4) is 17.2 Å². The molecule has 0 aliphatic carbocycles. The molecule has 3 rings (SSSR count). The van der Waals surface area contributed by atoms with E-state index in [4.69, 9.17) is 14.2 Å². The normalized spacial score (nSPS) is 10.6. The SMILES string of the molecule is COc1ccc(NC(=O)C(=O)N/N=C/c2cc(Br)c(OCc3ccc(F)cc3)c(OC)c2)cc1. The number of ether oxygens (including phenoxy) is 3. The molecule has 0 aliphatic rings. The fraction of sp³-hybridized carbons (Fsp3) is 0.125. The highest BCUT2D eigenvalue weighted by molar-refractivity contribution is 9.10. The number of hydrogen-bond acceptors (Lipinski definition) is 6. The Morgan fingerprint density at radius 1 is 1.00 bits per heavy atom. The first-order valence-electron chi connectivity index (χ1n) is 9.93. The van der Waals surface area contributed by atoms with Gasteiger partial charge in [-0.1, -0.05) is 12.1 Å². The average molecular weight is 530 g/mol. The Labute approximate surface area is 203 Å². The third-order valence-electron chi connectivity index (χ3n) is 4.48. The predicted molar refractivity (Wildman–Crippen MR) is 129 cm³/mol.